The van der Waals surface area contributed by atoms with Gasteiger partial charge in [-0.2, -0.15) is 0 Å². The van der Waals surface area contributed by atoms with Crippen LogP contribution in [0, 0.1) is 5.92 Å². The molecular formula is C15H29N3O. The molecule has 1 aliphatic heterocycles. The van der Waals surface area contributed by atoms with Crippen molar-refractivity contribution in [2.45, 2.75) is 57.5 Å². The van der Waals surface area contributed by atoms with E-state index in [4.69, 9.17) is 5.73 Å². The quantitative estimate of drug-likeness (QED) is 0.838. The van der Waals surface area contributed by atoms with Crippen molar-refractivity contribution in [2.24, 2.45) is 11.7 Å². The number of amides is 1. The van der Waals surface area contributed by atoms with E-state index >= 15 is 0 Å². The van der Waals surface area contributed by atoms with Crippen molar-refractivity contribution >= 4 is 5.91 Å². The smallest absolute Gasteiger partial charge is 0.236 e. The van der Waals surface area contributed by atoms with Crippen LogP contribution in [0.3, 0.4) is 0 Å². The van der Waals surface area contributed by atoms with Gasteiger partial charge in [0.05, 0.1) is 6.54 Å². The van der Waals surface area contributed by atoms with Crippen LogP contribution in [0.2, 0.25) is 0 Å². The van der Waals surface area contributed by atoms with Gasteiger partial charge in [0.2, 0.25) is 5.91 Å². The number of carbonyl (C=O) groups excluding carboxylic acids is 1. The second-order valence-electron chi connectivity index (χ2n) is 6.34. The molecular weight excluding hydrogens is 238 g/mol. The Balaban J connectivity index is 1.87. The summed E-state index contributed by atoms with van der Waals surface area (Å²) in [5.74, 6) is 0.883. The monoisotopic (exact) mass is 267 g/mol. The SMILES string of the molecule is CC1CCCCN1C(=O)CN(C)C1CCCC1CN. The molecule has 4 nitrogen and oxygen atoms in total. The summed E-state index contributed by atoms with van der Waals surface area (Å²) in [6, 6.07) is 0.928. The van der Waals surface area contributed by atoms with Gasteiger partial charge >= 0.3 is 0 Å². The summed E-state index contributed by atoms with van der Waals surface area (Å²) in [4.78, 5) is 16.7. The van der Waals surface area contributed by atoms with E-state index < -0.39 is 0 Å². The molecule has 0 spiro atoms. The first-order valence-corrected chi connectivity index (χ1v) is 7.83. The Morgan fingerprint density at radius 2 is 2.05 bits per heavy atom. The number of carbonyl (C=O) groups is 1. The van der Waals surface area contributed by atoms with Crippen LogP contribution in [0.1, 0.15) is 45.4 Å². The lowest BCUT2D eigenvalue weighted by Crippen LogP contribution is -2.49. The van der Waals surface area contributed by atoms with Gasteiger partial charge in [0.15, 0.2) is 0 Å². The number of likely N-dealkylation sites (tertiary alicyclic amines) is 1. The lowest BCUT2D eigenvalue weighted by molar-refractivity contribution is -0.136. The Morgan fingerprint density at radius 3 is 2.74 bits per heavy atom. The Bertz CT molecular complexity index is 308. The average molecular weight is 267 g/mol. The van der Waals surface area contributed by atoms with Crippen LogP contribution >= 0.6 is 0 Å². The van der Waals surface area contributed by atoms with E-state index in [1.807, 2.05) is 0 Å². The molecule has 0 aromatic carbocycles. The average Bonchev–Trinajstić information content (AvgIpc) is 2.87. The maximum atomic E-state index is 12.4. The molecule has 0 bridgehead atoms. The minimum absolute atomic E-state index is 0.303. The van der Waals surface area contributed by atoms with Crippen molar-refractivity contribution in [3.8, 4) is 0 Å². The maximum Gasteiger partial charge on any atom is 0.236 e. The van der Waals surface area contributed by atoms with E-state index in [1.165, 1.54) is 25.7 Å². The van der Waals surface area contributed by atoms with Gasteiger partial charge < -0.3 is 10.6 Å². The fourth-order valence-electron chi connectivity index (χ4n) is 3.76. The predicted molar refractivity (Wildman–Crippen MR) is 77.8 cm³/mol. The van der Waals surface area contributed by atoms with Crippen molar-refractivity contribution in [3.63, 3.8) is 0 Å². The highest BCUT2D eigenvalue weighted by Crippen LogP contribution is 2.28. The van der Waals surface area contributed by atoms with Gasteiger partial charge in [-0.1, -0.05) is 6.42 Å². The zero-order chi connectivity index (χ0) is 13.8. The van der Waals surface area contributed by atoms with Crippen molar-refractivity contribution in [1.29, 1.82) is 0 Å². The highest BCUT2D eigenvalue weighted by Gasteiger charge is 2.31. The van der Waals surface area contributed by atoms with Crippen LogP contribution < -0.4 is 5.73 Å². The number of nitrogens with two attached hydrogens (primary N) is 1. The number of hydrogen-bond acceptors (Lipinski definition) is 3. The molecule has 1 aliphatic carbocycles. The standard InChI is InChI=1S/C15H29N3O/c1-12-6-3-4-9-18(12)15(19)11-17(2)14-8-5-7-13(14)10-16/h12-14H,3-11,16H2,1-2H3. The van der Waals surface area contributed by atoms with Crippen LogP contribution in [-0.4, -0.2) is 54.5 Å². The van der Waals surface area contributed by atoms with E-state index in [-0.39, 0.29) is 0 Å². The van der Waals surface area contributed by atoms with Crippen molar-refractivity contribution in [3.05, 3.63) is 0 Å². The zero-order valence-corrected chi connectivity index (χ0v) is 12.5. The summed E-state index contributed by atoms with van der Waals surface area (Å²) in [5, 5.41) is 0. The third kappa shape index (κ3) is 3.48. The highest BCUT2D eigenvalue weighted by molar-refractivity contribution is 5.78. The topological polar surface area (TPSA) is 49.6 Å². The molecule has 19 heavy (non-hydrogen) atoms. The summed E-state index contributed by atoms with van der Waals surface area (Å²) >= 11 is 0. The fourth-order valence-corrected chi connectivity index (χ4v) is 3.76. The first kappa shape index (κ1) is 14.8. The molecule has 2 aliphatic rings. The molecule has 4 heteroatoms. The van der Waals surface area contributed by atoms with E-state index in [0.717, 1.165) is 25.9 Å². The summed E-state index contributed by atoms with van der Waals surface area (Å²) < 4.78 is 0. The summed E-state index contributed by atoms with van der Waals surface area (Å²) in [7, 11) is 2.09. The second-order valence-corrected chi connectivity index (χ2v) is 6.34. The van der Waals surface area contributed by atoms with Crippen LogP contribution in [0.5, 0.6) is 0 Å². The van der Waals surface area contributed by atoms with Gasteiger partial charge in [0.1, 0.15) is 0 Å². The Kier molecular flexibility index (Phi) is 5.22. The predicted octanol–water partition coefficient (Wildman–Crippen LogP) is 1.45. The van der Waals surface area contributed by atoms with Gasteiger partial charge in [-0.3, -0.25) is 9.69 Å². The Hall–Kier alpha value is -0.610. The highest BCUT2D eigenvalue weighted by atomic mass is 16.2. The van der Waals surface area contributed by atoms with Crippen LogP contribution in [0.15, 0.2) is 0 Å². The maximum absolute atomic E-state index is 12.4. The summed E-state index contributed by atoms with van der Waals surface area (Å²) in [6.45, 7) is 4.43. The molecule has 0 radical (unpaired) electrons. The molecule has 1 heterocycles. The largest absolute Gasteiger partial charge is 0.339 e. The molecule has 1 saturated carbocycles. The Labute approximate surface area is 117 Å². The van der Waals surface area contributed by atoms with Gasteiger partial charge in [0, 0.05) is 18.6 Å². The van der Waals surface area contributed by atoms with Crippen molar-refractivity contribution in [1.82, 2.24) is 9.80 Å². The lowest BCUT2D eigenvalue weighted by atomic mass is 10.0. The normalized spacial score (nSPS) is 32.0. The number of likely N-dealkylation sites (N-methyl/N-ethyl adjacent to an activating group) is 1. The molecule has 3 unspecified atom stereocenters. The molecule has 2 fully saturated rings. The van der Waals surface area contributed by atoms with Gasteiger partial charge in [-0.05, 0) is 58.5 Å². The number of nitrogens with zero attached hydrogens (tertiary/aromatic N) is 2. The first-order chi connectivity index (χ1) is 9.13. The zero-order valence-electron chi connectivity index (χ0n) is 12.5. The minimum Gasteiger partial charge on any atom is -0.339 e. The third-order valence-electron chi connectivity index (χ3n) is 5.00. The number of piperidine rings is 1. The molecule has 0 aromatic heterocycles. The van der Waals surface area contributed by atoms with Crippen molar-refractivity contribution in [2.75, 3.05) is 26.7 Å². The Morgan fingerprint density at radius 1 is 1.26 bits per heavy atom. The molecule has 1 amide bonds. The van der Waals surface area contributed by atoms with Crippen LogP contribution in [0.25, 0.3) is 0 Å². The summed E-state index contributed by atoms with van der Waals surface area (Å²) in [6.07, 6.45) is 7.25. The molecule has 110 valence electrons. The second kappa shape index (κ2) is 6.71. The van der Waals surface area contributed by atoms with Crippen LogP contribution in [-0.2, 0) is 4.79 Å². The fraction of sp³-hybridized carbons (Fsp3) is 0.933. The van der Waals surface area contributed by atoms with E-state index in [2.05, 4.69) is 23.8 Å². The van der Waals surface area contributed by atoms with E-state index in [0.29, 0.717) is 30.5 Å². The molecule has 2 N–H and O–H groups in total. The van der Waals surface area contributed by atoms with E-state index in [1.54, 1.807) is 0 Å². The molecule has 3 atom stereocenters. The minimum atomic E-state index is 0.303. The molecule has 1 saturated heterocycles. The number of rotatable bonds is 4. The van der Waals surface area contributed by atoms with Crippen LogP contribution in [0.4, 0.5) is 0 Å². The van der Waals surface area contributed by atoms with Gasteiger partial charge in [-0.15, -0.1) is 0 Å². The summed E-state index contributed by atoms with van der Waals surface area (Å²) in [5.41, 5.74) is 5.84. The third-order valence-corrected chi connectivity index (χ3v) is 5.00. The molecule has 0 aromatic rings. The first-order valence-electron chi connectivity index (χ1n) is 7.83. The lowest BCUT2D eigenvalue weighted by Gasteiger charge is -2.36. The van der Waals surface area contributed by atoms with E-state index in [9.17, 15) is 4.79 Å². The van der Waals surface area contributed by atoms with Gasteiger partial charge in [0.25, 0.3) is 0 Å². The van der Waals surface area contributed by atoms with Crippen molar-refractivity contribution < 1.29 is 4.79 Å². The van der Waals surface area contributed by atoms with Gasteiger partial charge in [-0.25, -0.2) is 0 Å². The molecule has 2 rings (SSSR count). The number of hydrogen-bond donors (Lipinski definition) is 1.